The SMILES string of the molecule is CC(C)Oc1ccc(S(=O)(=O)N2CCN(c3ccccc3C#N)CC2)cc1. The minimum absolute atomic E-state index is 0.0387. The van der Waals surface area contributed by atoms with Crippen molar-refractivity contribution in [3.8, 4) is 11.8 Å². The topological polar surface area (TPSA) is 73.6 Å². The van der Waals surface area contributed by atoms with Gasteiger partial charge in [0.15, 0.2) is 0 Å². The Morgan fingerprint density at radius 1 is 1.00 bits per heavy atom. The molecule has 0 amide bonds. The first-order chi connectivity index (χ1) is 12.9. The molecule has 0 bridgehead atoms. The lowest BCUT2D eigenvalue weighted by molar-refractivity contribution is 0.242. The van der Waals surface area contributed by atoms with Crippen LogP contribution in [0.1, 0.15) is 19.4 Å². The van der Waals surface area contributed by atoms with Gasteiger partial charge in [0, 0.05) is 26.2 Å². The lowest BCUT2D eigenvalue weighted by Gasteiger charge is -2.35. The summed E-state index contributed by atoms with van der Waals surface area (Å²) in [6, 6.07) is 16.1. The second-order valence-electron chi connectivity index (χ2n) is 6.66. The predicted molar refractivity (Wildman–Crippen MR) is 104 cm³/mol. The molecule has 0 unspecified atom stereocenters. The van der Waals surface area contributed by atoms with Gasteiger partial charge in [0.1, 0.15) is 11.8 Å². The number of hydrogen-bond acceptors (Lipinski definition) is 5. The molecule has 0 N–H and O–H groups in total. The average Bonchev–Trinajstić information content (AvgIpc) is 2.68. The molecular formula is C20H23N3O3S. The Labute approximate surface area is 160 Å². The third kappa shape index (κ3) is 4.24. The van der Waals surface area contributed by atoms with Crippen molar-refractivity contribution in [2.45, 2.75) is 24.8 Å². The molecule has 1 heterocycles. The first-order valence-corrected chi connectivity index (χ1v) is 10.4. The fourth-order valence-corrected chi connectivity index (χ4v) is 4.55. The molecule has 6 nitrogen and oxygen atoms in total. The number of piperazine rings is 1. The van der Waals surface area contributed by atoms with E-state index in [1.54, 1.807) is 30.3 Å². The van der Waals surface area contributed by atoms with E-state index in [2.05, 4.69) is 11.0 Å². The van der Waals surface area contributed by atoms with Crippen LogP contribution in [0.5, 0.6) is 5.75 Å². The molecule has 0 saturated carbocycles. The highest BCUT2D eigenvalue weighted by Gasteiger charge is 2.29. The van der Waals surface area contributed by atoms with Gasteiger partial charge in [0.2, 0.25) is 10.0 Å². The summed E-state index contributed by atoms with van der Waals surface area (Å²) in [5.41, 5.74) is 1.46. The largest absolute Gasteiger partial charge is 0.491 e. The van der Waals surface area contributed by atoms with E-state index in [0.717, 1.165) is 5.69 Å². The summed E-state index contributed by atoms with van der Waals surface area (Å²) in [7, 11) is -3.54. The Morgan fingerprint density at radius 2 is 1.63 bits per heavy atom. The van der Waals surface area contributed by atoms with Crippen molar-refractivity contribution in [2.75, 3.05) is 31.1 Å². The Balaban J connectivity index is 1.70. The molecule has 0 spiro atoms. The summed E-state index contributed by atoms with van der Waals surface area (Å²) in [5, 5.41) is 9.26. The monoisotopic (exact) mass is 385 g/mol. The van der Waals surface area contributed by atoms with Gasteiger partial charge in [-0.15, -0.1) is 0 Å². The van der Waals surface area contributed by atoms with Gasteiger partial charge in [-0.3, -0.25) is 0 Å². The molecule has 2 aromatic carbocycles. The maximum Gasteiger partial charge on any atom is 0.243 e. The van der Waals surface area contributed by atoms with Gasteiger partial charge in [0.25, 0.3) is 0 Å². The smallest absolute Gasteiger partial charge is 0.243 e. The van der Waals surface area contributed by atoms with Gasteiger partial charge in [-0.2, -0.15) is 9.57 Å². The van der Waals surface area contributed by atoms with Crippen molar-refractivity contribution in [3.05, 3.63) is 54.1 Å². The Bertz CT molecular complexity index is 926. The van der Waals surface area contributed by atoms with E-state index in [1.807, 2.05) is 32.0 Å². The van der Waals surface area contributed by atoms with Gasteiger partial charge < -0.3 is 9.64 Å². The molecule has 1 aliphatic heterocycles. The van der Waals surface area contributed by atoms with E-state index >= 15 is 0 Å². The summed E-state index contributed by atoms with van der Waals surface area (Å²) in [4.78, 5) is 2.33. The lowest BCUT2D eigenvalue weighted by atomic mass is 10.1. The van der Waals surface area contributed by atoms with Crippen LogP contribution in [0.15, 0.2) is 53.4 Å². The zero-order valence-corrected chi connectivity index (χ0v) is 16.3. The lowest BCUT2D eigenvalue weighted by Crippen LogP contribution is -2.48. The molecule has 0 radical (unpaired) electrons. The molecule has 3 rings (SSSR count). The van der Waals surface area contributed by atoms with Crippen LogP contribution in [0.25, 0.3) is 0 Å². The van der Waals surface area contributed by atoms with Crippen LogP contribution in [-0.2, 0) is 10.0 Å². The van der Waals surface area contributed by atoms with Gasteiger partial charge in [0.05, 0.1) is 22.3 Å². The molecule has 142 valence electrons. The Kier molecular flexibility index (Phi) is 5.68. The zero-order valence-electron chi connectivity index (χ0n) is 15.5. The van der Waals surface area contributed by atoms with Gasteiger partial charge in [-0.05, 0) is 50.2 Å². The highest BCUT2D eigenvalue weighted by molar-refractivity contribution is 7.89. The van der Waals surface area contributed by atoms with Crippen molar-refractivity contribution in [1.29, 1.82) is 5.26 Å². The molecule has 1 fully saturated rings. The number of nitriles is 1. The summed E-state index contributed by atoms with van der Waals surface area (Å²) in [6.45, 7) is 5.71. The van der Waals surface area contributed by atoms with E-state index in [9.17, 15) is 13.7 Å². The zero-order chi connectivity index (χ0) is 19.4. The molecule has 1 saturated heterocycles. The minimum Gasteiger partial charge on any atom is -0.491 e. The first kappa shape index (κ1) is 19.2. The highest BCUT2D eigenvalue weighted by atomic mass is 32.2. The Morgan fingerprint density at radius 3 is 2.22 bits per heavy atom. The third-order valence-corrected chi connectivity index (χ3v) is 6.35. The standard InChI is InChI=1S/C20H23N3O3S/c1-16(2)26-18-7-9-19(10-8-18)27(24,25)23-13-11-22(12-14-23)20-6-4-3-5-17(20)15-21/h3-10,16H,11-14H2,1-2H3. The van der Waals surface area contributed by atoms with E-state index in [0.29, 0.717) is 37.5 Å². The molecule has 2 aromatic rings. The number of sulfonamides is 1. The fourth-order valence-electron chi connectivity index (χ4n) is 3.12. The van der Waals surface area contributed by atoms with Crippen molar-refractivity contribution < 1.29 is 13.2 Å². The van der Waals surface area contributed by atoms with E-state index in [4.69, 9.17) is 4.74 Å². The number of benzene rings is 2. The van der Waals surface area contributed by atoms with E-state index < -0.39 is 10.0 Å². The number of rotatable bonds is 5. The molecule has 0 aromatic heterocycles. The average molecular weight is 385 g/mol. The summed E-state index contributed by atoms with van der Waals surface area (Å²) >= 11 is 0. The van der Waals surface area contributed by atoms with Crippen LogP contribution >= 0.6 is 0 Å². The molecular weight excluding hydrogens is 362 g/mol. The van der Waals surface area contributed by atoms with Gasteiger partial charge in [-0.25, -0.2) is 8.42 Å². The number of nitrogens with zero attached hydrogens (tertiary/aromatic N) is 3. The number of ether oxygens (including phenoxy) is 1. The maximum absolute atomic E-state index is 12.9. The van der Waals surface area contributed by atoms with Crippen molar-refractivity contribution in [3.63, 3.8) is 0 Å². The second-order valence-corrected chi connectivity index (χ2v) is 8.60. The first-order valence-electron chi connectivity index (χ1n) is 8.93. The van der Waals surface area contributed by atoms with E-state index in [-0.39, 0.29) is 11.0 Å². The molecule has 7 heteroatoms. The van der Waals surface area contributed by atoms with Crippen LogP contribution < -0.4 is 9.64 Å². The third-order valence-electron chi connectivity index (χ3n) is 4.44. The van der Waals surface area contributed by atoms with Crippen LogP contribution in [0.2, 0.25) is 0 Å². The molecule has 0 aliphatic carbocycles. The fraction of sp³-hybridized carbons (Fsp3) is 0.350. The normalized spacial score (nSPS) is 15.6. The summed E-state index contributed by atoms with van der Waals surface area (Å²) in [6.07, 6.45) is 0.0387. The summed E-state index contributed by atoms with van der Waals surface area (Å²) in [5.74, 6) is 0.655. The van der Waals surface area contributed by atoms with Crippen molar-refractivity contribution in [1.82, 2.24) is 4.31 Å². The van der Waals surface area contributed by atoms with Crippen LogP contribution in [0, 0.1) is 11.3 Å². The summed E-state index contributed by atoms with van der Waals surface area (Å²) < 4.78 is 32.9. The van der Waals surface area contributed by atoms with Crippen molar-refractivity contribution >= 4 is 15.7 Å². The van der Waals surface area contributed by atoms with Crippen LogP contribution in [0.4, 0.5) is 5.69 Å². The predicted octanol–water partition coefficient (Wildman–Crippen LogP) is 2.86. The molecule has 27 heavy (non-hydrogen) atoms. The quantitative estimate of drug-likeness (QED) is 0.791. The Hall–Kier alpha value is -2.56. The molecule has 1 aliphatic rings. The van der Waals surface area contributed by atoms with Crippen LogP contribution in [0.3, 0.4) is 0 Å². The van der Waals surface area contributed by atoms with Gasteiger partial charge >= 0.3 is 0 Å². The maximum atomic E-state index is 12.9. The highest BCUT2D eigenvalue weighted by Crippen LogP contribution is 2.25. The molecule has 0 atom stereocenters. The van der Waals surface area contributed by atoms with E-state index in [1.165, 1.54) is 4.31 Å². The van der Waals surface area contributed by atoms with Gasteiger partial charge in [-0.1, -0.05) is 12.1 Å². The second kappa shape index (κ2) is 7.99. The van der Waals surface area contributed by atoms with Crippen LogP contribution in [-0.4, -0.2) is 45.0 Å². The van der Waals surface area contributed by atoms with Crippen molar-refractivity contribution in [2.24, 2.45) is 0 Å². The number of hydrogen-bond donors (Lipinski definition) is 0. The number of anilines is 1. The minimum atomic E-state index is -3.54. The number of para-hydroxylation sites is 1.